The van der Waals surface area contributed by atoms with Crippen LogP contribution in [0.15, 0.2) is 54.6 Å². The lowest BCUT2D eigenvalue weighted by atomic mass is 9.93. The molecule has 4 rings (SSSR count). The third-order valence-electron chi connectivity index (χ3n) is 5.89. The molecule has 1 saturated heterocycles. The lowest BCUT2D eigenvalue weighted by Gasteiger charge is -2.36. The van der Waals surface area contributed by atoms with Crippen LogP contribution in [0.25, 0.3) is 0 Å². The number of likely N-dealkylation sites (tertiary alicyclic amines) is 1. The normalized spacial score (nSPS) is 22.9. The Morgan fingerprint density at radius 2 is 1.83 bits per heavy atom. The molecule has 154 valence electrons. The largest absolute Gasteiger partial charge is 0.445 e. The first-order chi connectivity index (χ1) is 14.0. The van der Waals surface area contributed by atoms with Gasteiger partial charge in [0.25, 0.3) is 0 Å². The Labute approximate surface area is 176 Å². The van der Waals surface area contributed by atoms with Crippen LogP contribution in [-0.2, 0) is 11.3 Å². The summed E-state index contributed by atoms with van der Waals surface area (Å²) in [6.45, 7) is 1.29. The fourth-order valence-electron chi connectivity index (χ4n) is 3.89. The van der Waals surface area contributed by atoms with E-state index in [4.69, 9.17) is 16.3 Å². The minimum atomic E-state index is -1.27. The lowest BCUT2D eigenvalue weighted by molar-refractivity contribution is 0.0408. The maximum absolute atomic E-state index is 15.2. The minimum Gasteiger partial charge on any atom is -0.445 e. The van der Waals surface area contributed by atoms with Crippen LogP contribution in [-0.4, -0.2) is 42.3 Å². The van der Waals surface area contributed by atoms with Crippen LogP contribution in [0.4, 0.5) is 9.18 Å². The molecule has 0 bridgehead atoms. The zero-order valence-electron chi connectivity index (χ0n) is 16.3. The number of benzene rings is 2. The Bertz CT molecular complexity index is 823. The van der Waals surface area contributed by atoms with Crippen LogP contribution in [0.3, 0.4) is 0 Å². The highest BCUT2D eigenvalue weighted by molar-refractivity contribution is 6.30. The highest BCUT2D eigenvalue weighted by Crippen LogP contribution is 2.41. The molecule has 2 aromatic rings. The molecule has 29 heavy (non-hydrogen) atoms. The highest BCUT2D eigenvalue weighted by Gasteiger charge is 2.42. The van der Waals surface area contributed by atoms with Crippen molar-refractivity contribution in [3.63, 3.8) is 0 Å². The summed E-state index contributed by atoms with van der Waals surface area (Å²) in [5.41, 5.74) is 0.925. The number of hydrogen-bond acceptors (Lipinski definition) is 3. The molecule has 2 atom stereocenters. The second-order valence-corrected chi connectivity index (χ2v) is 8.50. The number of hydrogen-bond donors (Lipinski definition) is 1. The molecule has 0 radical (unpaired) electrons. The summed E-state index contributed by atoms with van der Waals surface area (Å²) in [5, 5.41) is 4.03. The Kier molecular flexibility index (Phi) is 6.07. The maximum atomic E-state index is 15.2. The van der Waals surface area contributed by atoms with Gasteiger partial charge in [-0.05, 0) is 29.7 Å². The summed E-state index contributed by atoms with van der Waals surface area (Å²) in [6, 6.07) is 17.9. The van der Waals surface area contributed by atoms with Crippen molar-refractivity contribution in [3.05, 3.63) is 70.7 Å². The van der Waals surface area contributed by atoms with E-state index in [1.165, 1.54) is 5.56 Å². The average Bonchev–Trinajstić information content (AvgIpc) is 3.53. The minimum absolute atomic E-state index is 0.192. The zero-order chi connectivity index (χ0) is 20.3. The van der Waals surface area contributed by atoms with Crippen LogP contribution in [0.5, 0.6) is 0 Å². The van der Waals surface area contributed by atoms with E-state index in [1.54, 1.807) is 17.0 Å². The molecule has 6 heteroatoms. The zero-order valence-corrected chi connectivity index (χ0v) is 17.1. The van der Waals surface area contributed by atoms with Gasteiger partial charge < -0.3 is 15.0 Å². The third kappa shape index (κ3) is 5.28. The number of amides is 1. The second-order valence-electron chi connectivity index (χ2n) is 8.06. The van der Waals surface area contributed by atoms with Crippen molar-refractivity contribution >= 4 is 17.7 Å². The van der Waals surface area contributed by atoms with Crippen LogP contribution in [0, 0.1) is 0 Å². The number of carbonyl (C=O) groups is 1. The summed E-state index contributed by atoms with van der Waals surface area (Å²) in [7, 11) is 0. The van der Waals surface area contributed by atoms with Crippen molar-refractivity contribution in [2.75, 3.05) is 19.6 Å². The molecule has 1 heterocycles. The molecule has 0 spiro atoms. The molecule has 2 aromatic carbocycles. The van der Waals surface area contributed by atoms with Crippen molar-refractivity contribution in [3.8, 4) is 0 Å². The van der Waals surface area contributed by atoms with Crippen LogP contribution in [0.2, 0.25) is 5.02 Å². The lowest BCUT2D eigenvalue weighted by Crippen LogP contribution is -2.49. The maximum Gasteiger partial charge on any atom is 0.410 e. The molecule has 1 N–H and O–H groups in total. The fraction of sp³-hybridized carbons (Fsp3) is 0.435. The monoisotopic (exact) mass is 416 g/mol. The molecule has 4 nitrogen and oxygen atoms in total. The molecule has 2 fully saturated rings. The van der Waals surface area contributed by atoms with Crippen molar-refractivity contribution in [1.29, 1.82) is 0 Å². The molecule has 1 amide bonds. The van der Waals surface area contributed by atoms with Gasteiger partial charge in [-0.1, -0.05) is 54.1 Å². The summed E-state index contributed by atoms with van der Waals surface area (Å²) >= 11 is 5.85. The summed E-state index contributed by atoms with van der Waals surface area (Å²) in [4.78, 5) is 13.9. The molecular weight excluding hydrogens is 391 g/mol. The highest BCUT2D eigenvalue weighted by atomic mass is 35.5. The van der Waals surface area contributed by atoms with E-state index in [-0.39, 0.29) is 12.7 Å². The SMILES string of the molecule is O=C(OCc1ccc(Cl)cc1)N1CCC(F)(CNC2CC2c2ccccc2)CC1. The van der Waals surface area contributed by atoms with Gasteiger partial charge in [0.2, 0.25) is 0 Å². The molecule has 1 saturated carbocycles. The molecule has 1 aliphatic carbocycles. The number of carbonyl (C=O) groups excluding carboxylic acids is 1. The van der Waals surface area contributed by atoms with E-state index < -0.39 is 5.67 Å². The van der Waals surface area contributed by atoms with Gasteiger partial charge in [-0.25, -0.2) is 9.18 Å². The number of rotatable bonds is 6. The van der Waals surface area contributed by atoms with Gasteiger partial charge >= 0.3 is 6.09 Å². The number of nitrogens with zero attached hydrogens (tertiary/aromatic N) is 1. The van der Waals surface area contributed by atoms with E-state index in [0.717, 1.165) is 12.0 Å². The van der Waals surface area contributed by atoms with E-state index in [1.807, 2.05) is 30.3 Å². The van der Waals surface area contributed by atoms with E-state index in [2.05, 4.69) is 17.4 Å². The fourth-order valence-corrected chi connectivity index (χ4v) is 4.01. The Morgan fingerprint density at radius 1 is 1.14 bits per heavy atom. The number of alkyl halides is 1. The van der Waals surface area contributed by atoms with E-state index in [0.29, 0.717) is 49.5 Å². The van der Waals surface area contributed by atoms with Crippen LogP contribution < -0.4 is 5.32 Å². The molecule has 2 unspecified atom stereocenters. The van der Waals surface area contributed by atoms with Gasteiger partial charge in [0.1, 0.15) is 12.3 Å². The number of piperidine rings is 1. The smallest absolute Gasteiger partial charge is 0.410 e. The van der Waals surface area contributed by atoms with E-state index in [9.17, 15) is 4.79 Å². The van der Waals surface area contributed by atoms with Gasteiger partial charge in [0.05, 0.1) is 0 Å². The van der Waals surface area contributed by atoms with Gasteiger partial charge in [0, 0.05) is 49.5 Å². The Morgan fingerprint density at radius 3 is 2.52 bits per heavy atom. The first-order valence-corrected chi connectivity index (χ1v) is 10.5. The first kappa shape index (κ1) is 20.2. The van der Waals surface area contributed by atoms with Gasteiger partial charge in [-0.3, -0.25) is 0 Å². The predicted molar refractivity (Wildman–Crippen MR) is 112 cm³/mol. The van der Waals surface area contributed by atoms with Crippen molar-refractivity contribution in [1.82, 2.24) is 10.2 Å². The molecule has 2 aliphatic rings. The topological polar surface area (TPSA) is 41.6 Å². The predicted octanol–water partition coefficient (Wildman–Crippen LogP) is 4.93. The quantitative estimate of drug-likeness (QED) is 0.726. The summed E-state index contributed by atoms with van der Waals surface area (Å²) < 4.78 is 20.5. The molecule has 0 aromatic heterocycles. The van der Waals surface area contributed by atoms with Gasteiger partial charge in [-0.2, -0.15) is 0 Å². The standard InChI is InChI=1S/C23H26ClFN2O2/c24-19-8-6-17(7-9-19)15-29-22(28)27-12-10-23(25,11-13-27)16-26-21-14-20(21)18-4-2-1-3-5-18/h1-9,20-21,26H,10-16H2. The van der Waals surface area contributed by atoms with E-state index >= 15 is 4.39 Å². The summed E-state index contributed by atoms with van der Waals surface area (Å²) in [5.74, 6) is 0.489. The average molecular weight is 417 g/mol. The van der Waals surface area contributed by atoms with Gasteiger partial charge in [0.15, 0.2) is 0 Å². The van der Waals surface area contributed by atoms with Crippen LogP contribution >= 0.6 is 11.6 Å². The summed E-state index contributed by atoms with van der Waals surface area (Å²) in [6.07, 6.45) is 1.34. The number of nitrogens with one attached hydrogen (secondary N) is 1. The number of ether oxygens (including phenoxy) is 1. The van der Waals surface area contributed by atoms with Crippen molar-refractivity contribution in [2.24, 2.45) is 0 Å². The van der Waals surface area contributed by atoms with Crippen molar-refractivity contribution < 1.29 is 13.9 Å². The molecular formula is C23H26ClFN2O2. The third-order valence-corrected chi connectivity index (χ3v) is 6.14. The first-order valence-electron chi connectivity index (χ1n) is 10.2. The van der Waals surface area contributed by atoms with Crippen LogP contribution in [0.1, 0.15) is 36.3 Å². The van der Waals surface area contributed by atoms with Gasteiger partial charge in [-0.15, -0.1) is 0 Å². The second kappa shape index (κ2) is 8.72. The Hall–Kier alpha value is -2.11. The Balaban J connectivity index is 1.18. The number of halogens is 2. The molecule has 1 aliphatic heterocycles. The van der Waals surface area contributed by atoms with Crippen molar-refractivity contribution in [2.45, 2.75) is 43.5 Å².